The van der Waals surface area contributed by atoms with Crippen LogP contribution in [-0.4, -0.2) is 43.8 Å². The average molecular weight is 226 g/mol. The van der Waals surface area contributed by atoms with Crippen molar-refractivity contribution in [2.75, 3.05) is 32.8 Å². The third-order valence-electron chi connectivity index (χ3n) is 2.63. The number of carbonyl (C=O) groups is 1. The summed E-state index contributed by atoms with van der Waals surface area (Å²) in [7, 11) is 0. The molecule has 1 heterocycles. The Morgan fingerprint density at radius 2 is 2.06 bits per heavy atom. The molecule has 0 aromatic rings. The second kappa shape index (κ2) is 8.16. The number of rotatable bonds is 6. The summed E-state index contributed by atoms with van der Waals surface area (Å²) in [6.07, 6.45) is 6.19. The minimum Gasteiger partial charge on any atom is -0.379 e. The van der Waals surface area contributed by atoms with Crippen LogP contribution in [0.3, 0.4) is 0 Å². The second-order valence-electron chi connectivity index (χ2n) is 3.97. The number of ether oxygens (including phenoxy) is 1. The molecule has 0 aromatic heterocycles. The maximum absolute atomic E-state index is 11.6. The smallest absolute Gasteiger partial charge is 0.317 e. The van der Waals surface area contributed by atoms with E-state index in [0.717, 1.165) is 32.4 Å². The number of hydrogen-bond donors (Lipinski definition) is 1. The fourth-order valence-corrected chi connectivity index (χ4v) is 1.71. The molecule has 0 unspecified atom stereocenters. The predicted octanol–water partition coefficient (Wildman–Crippen LogP) is 1.77. The minimum absolute atomic E-state index is 0.0482. The number of piperidine rings is 1. The number of nitrogens with zero attached hydrogens (tertiary/aromatic N) is 1. The molecule has 1 aliphatic heterocycles. The lowest BCUT2D eigenvalue weighted by molar-refractivity contribution is 0.136. The highest BCUT2D eigenvalue weighted by molar-refractivity contribution is 5.74. The molecule has 4 heteroatoms. The fourth-order valence-electron chi connectivity index (χ4n) is 1.71. The van der Waals surface area contributed by atoms with Crippen LogP contribution >= 0.6 is 0 Å². The van der Waals surface area contributed by atoms with E-state index in [-0.39, 0.29) is 6.03 Å². The summed E-state index contributed by atoms with van der Waals surface area (Å²) in [5.74, 6) is 0. The third kappa shape index (κ3) is 5.16. The largest absolute Gasteiger partial charge is 0.379 e. The maximum Gasteiger partial charge on any atom is 0.317 e. The molecule has 1 fully saturated rings. The van der Waals surface area contributed by atoms with E-state index < -0.39 is 0 Å². The highest BCUT2D eigenvalue weighted by atomic mass is 16.5. The van der Waals surface area contributed by atoms with Gasteiger partial charge in [0.25, 0.3) is 0 Å². The van der Waals surface area contributed by atoms with Crippen LogP contribution in [0, 0.1) is 0 Å². The molecule has 16 heavy (non-hydrogen) atoms. The minimum atomic E-state index is 0.0482. The van der Waals surface area contributed by atoms with E-state index in [1.54, 1.807) is 0 Å². The zero-order chi connectivity index (χ0) is 11.6. The second-order valence-corrected chi connectivity index (χ2v) is 3.97. The molecule has 1 saturated heterocycles. The standard InChI is InChI=1S/C12H22N2O2/c1-2-3-10-16-11-7-13-12(15)14-8-5-4-6-9-14/h2H,1,3-11H2,(H,13,15). The van der Waals surface area contributed by atoms with Gasteiger partial charge in [0, 0.05) is 19.6 Å². The van der Waals surface area contributed by atoms with E-state index in [2.05, 4.69) is 11.9 Å². The van der Waals surface area contributed by atoms with Crippen molar-refractivity contribution in [2.24, 2.45) is 0 Å². The van der Waals surface area contributed by atoms with E-state index in [1.807, 2.05) is 11.0 Å². The van der Waals surface area contributed by atoms with E-state index in [4.69, 9.17) is 4.74 Å². The molecular weight excluding hydrogens is 204 g/mol. The van der Waals surface area contributed by atoms with Crippen molar-refractivity contribution < 1.29 is 9.53 Å². The molecule has 1 rings (SSSR count). The Kier molecular flexibility index (Phi) is 6.65. The quantitative estimate of drug-likeness (QED) is 0.554. The zero-order valence-electron chi connectivity index (χ0n) is 9.91. The zero-order valence-corrected chi connectivity index (χ0v) is 9.91. The molecule has 0 atom stereocenters. The highest BCUT2D eigenvalue weighted by Crippen LogP contribution is 2.07. The summed E-state index contributed by atoms with van der Waals surface area (Å²) >= 11 is 0. The monoisotopic (exact) mass is 226 g/mol. The molecule has 0 spiro atoms. The lowest BCUT2D eigenvalue weighted by atomic mass is 10.1. The van der Waals surface area contributed by atoms with Crippen LogP contribution in [-0.2, 0) is 4.74 Å². The molecule has 92 valence electrons. The van der Waals surface area contributed by atoms with Crippen LogP contribution in [0.1, 0.15) is 25.7 Å². The SMILES string of the molecule is C=CCCOCCNC(=O)N1CCCCC1. The molecule has 0 radical (unpaired) electrons. The Labute approximate surface area is 97.6 Å². The number of urea groups is 1. The van der Waals surface area contributed by atoms with E-state index in [0.29, 0.717) is 19.8 Å². The Bertz CT molecular complexity index is 213. The van der Waals surface area contributed by atoms with E-state index in [1.165, 1.54) is 6.42 Å². The molecule has 2 amide bonds. The maximum atomic E-state index is 11.6. The first-order chi connectivity index (χ1) is 7.84. The summed E-state index contributed by atoms with van der Waals surface area (Å²) in [6.45, 7) is 7.25. The van der Waals surface area contributed by atoms with E-state index >= 15 is 0 Å². The third-order valence-corrected chi connectivity index (χ3v) is 2.63. The van der Waals surface area contributed by atoms with Crippen LogP contribution in [0.25, 0.3) is 0 Å². The van der Waals surface area contributed by atoms with Gasteiger partial charge in [0.15, 0.2) is 0 Å². The lowest BCUT2D eigenvalue weighted by Crippen LogP contribution is -2.43. The van der Waals surface area contributed by atoms with Crippen LogP contribution in [0.5, 0.6) is 0 Å². The molecule has 0 bridgehead atoms. The summed E-state index contributed by atoms with van der Waals surface area (Å²) < 4.78 is 5.31. The number of amides is 2. The summed E-state index contributed by atoms with van der Waals surface area (Å²) in [6, 6.07) is 0.0482. The van der Waals surface area contributed by atoms with Gasteiger partial charge in [-0.3, -0.25) is 0 Å². The Hall–Kier alpha value is -1.03. The summed E-state index contributed by atoms with van der Waals surface area (Å²) in [4.78, 5) is 13.5. The van der Waals surface area contributed by atoms with Gasteiger partial charge in [0.05, 0.1) is 13.2 Å². The van der Waals surface area contributed by atoms with Gasteiger partial charge in [-0.15, -0.1) is 6.58 Å². The molecular formula is C12H22N2O2. The van der Waals surface area contributed by atoms with Gasteiger partial charge in [-0.05, 0) is 25.7 Å². The van der Waals surface area contributed by atoms with Crippen LogP contribution < -0.4 is 5.32 Å². The molecule has 0 saturated carbocycles. The lowest BCUT2D eigenvalue weighted by Gasteiger charge is -2.26. The first-order valence-corrected chi connectivity index (χ1v) is 6.06. The topological polar surface area (TPSA) is 41.6 Å². The van der Waals surface area contributed by atoms with Gasteiger partial charge in [0.1, 0.15) is 0 Å². The molecule has 4 nitrogen and oxygen atoms in total. The Morgan fingerprint density at radius 3 is 2.75 bits per heavy atom. The Morgan fingerprint density at radius 1 is 1.31 bits per heavy atom. The van der Waals surface area contributed by atoms with Gasteiger partial charge in [-0.25, -0.2) is 4.79 Å². The number of nitrogens with one attached hydrogen (secondary N) is 1. The first-order valence-electron chi connectivity index (χ1n) is 6.06. The predicted molar refractivity (Wildman–Crippen MR) is 64.5 cm³/mol. The molecule has 1 N–H and O–H groups in total. The average Bonchev–Trinajstić information content (AvgIpc) is 2.34. The van der Waals surface area contributed by atoms with Crippen molar-refractivity contribution in [3.05, 3.63) is 12.7 Å². The molecule has 1 aliphatic rings. The van der Waals surface area contributed by atoms with Crippen LogP contribution in [0.15, 0.2) is 12.7 Å². The van der Waals surface area contributed by atoms with Crippen molar-refractivity contribution in [3.8, 4) is 0 Å². The van der Waals surface area contributed by atoms with Crippen LogP contribution in [0.2, 0.25) is 0 Å². The van der Waals surface area contributed by atoms with E-state index in [9.17, 15) is 4.79 Å². The van der Waals surface area contributed by atoms with Crippen molar-refractivity contribution in [3.63, 3.8) is 0 Å². The van der Waals surface area contributed by atoms with Gasteiger partial charge in [-0.2, -0.15) is 0 Å². The normalized spacial score (nSPS) is 15.9. The summed E-state index contributed by atoms with van der Waals surface area (Å²) in [5, 5.41) is 2.87. The van der Waals surface area contributed by atoms with Crippen molar-refractivity contribution >= 4 is 6.03 Å². The number of carbonyl (C=O) groups excluding carboxylic acids is 1. The summed E-state index contributed by atoms with van der Waals surface area (Å²) in [5.41, 5.74) is 0. The Balaban J connectivity index is 1.99. The first kappa shape index (κ1) is 13.0. The van der Waals surface area contributed by atoms with Gasteiger partial charge < -0.3 is 15.0 Å². The van der Waals surface area contributed by atoms with Gasteiger partial charge >= 0.3 is 6.03 Å². The highest BCUT2D eigenvalue weighted by Gasteiger charge is 2.15. The molecule has 0 aliphatic carbocycles. The van der Waals surface area contributed by atoms with Crippen molar-refractivity contribution in [2.45, 2.75) is 25.7 Å². The van der Waals surface area contributed by atoms with Gasteiger partial charge in [-0.1, -0.05) is 6.08 Å². The fraction of sp³-hybridized carbons (Fsp3) is 0.750. The number of likely N-dealkylation sites (tertiary alicyclic amines) is 1. The van der Waals surface area contributed by atoms with Crippen molar-refractivity contribution in [1.82, 2.24) is 10.2 Å². The van der Waals surface area contributed by atoms with Crippen LogP contribution in [0.4, 0.5) is 4.79 Å². The number of hydrogen-bond acceptors (Lipinski definition) is 2. The molecule has 0 aromatic carbocycles. The van der Waals surface area contributed by atoms with Crippen molar-refractivity contribution in [1.29, 1.82) is 0 Å². The van der Waals surface area contributed by atoms with Gasteiger partial charge in [0.2, 0.25) is 0 Å².